The van der Waals surface area contributed by atoms with Gasteiger partial charge in [0.1, 0.15) is 6.29 Å². The van der Waals surface area contributed by atoms with Crippen LogP contribution in [0.1, 0.15) is 15.9 Å². The lowest BCUT2D eigenvalue weighted by Crippen LogP contribution is -2.35. The van der Waals surface area contributed by atoms with Crippen LogP contribution in [-0.2, 0) is 11.3 Å². The number of hydrogen-bond donors (Lipinski definition) is 0. The molecular formula is C22H21N3O2. The average molecular weight is 359 g/mol. The molecule has 0 unspecified atom stereocenters. The molecule has 1 aromatic heterocycles. The van der Waals surface area contributed by atoms with Crippen molar-refractivity contribution in [2.24, 2.45) is 0 Å². The standard InChI is InChI=1S/C22H21N3O2/c26-16-18-3-7-20(8-4-18)22-14-23-21(13-24-22)19-5-1-17(2-6-19)15-25-9-11-27-12-10-25/h1-8,13-14,16H,9-12,15H2. The average Bonchev–Trinajstić information content (AvgIpc) is 2.75. The van der Waals surface area contributed by atoms with Crippen LogP contribution in [0.3, 0.4) is 0 Å². The van der Waals surface area contributed by atoms with Gasteiger partial charge in [0.2, 0.25) is 0 Å². The first-order chi connectivity index (χ1) is 13.3. The van der Waals surface area contributed by atoms with Crippen LogP contribution in [-0.4, -0.2) is 47.5 Å². The van der Waals surface area contributed by atoms with Crippen LogP contribution in [0.15, 0.2) is 60.9 Å². The van der Waals surface area contributed by atoms with Gasteiger partial charge in [0.25, 0.3) is 0 Å². The molecule has 0 spiro atoms. The molecule has 3 aromatic rings. The molecule has 0 aliphatic carbocycles. The number of nitrogens with zero attached hydrogens (tertiary/aromatic N) is 3. The Balaban J connectivity index is 1.45. The Labute approximate surface area is 158 Å². The summed E-state index contributed by atoms with van der Waals surface area (Å²) in [5.41, 5.74) is 5.58. The smallest absolute Gasteiger partial charge is 0.150 e. The molecule has 1 saturated heterocycles. The van der Waals surface area contributed by atoms with Crippen LogP contribution in [0.25, 0.3) is 22.5 Å². The molecule has 4 rings (SSSR count). The van der Waals surface area contributed by atoms with Gasteiger partial charge in [-0.1, -0.05) is 48.5 Å². The number of morpholine rings is 1. The van der Waals surface area contributed by atoms with Gasteiger partial charge in [-0.3, -0.25) is 19.7 Å². The van der Waals surface area contributed by atoms with E-state index in [1.165, 1.54) is 5.56 Å². The second-order valence-electron chi connectivity index (χ2n) is 6.61. The molecule has 0 bridgehead atoms. The highest BCUT2D eigenvalue weighted by Gasteiger charge is 2.11. The summed E-state index contributed by atoms with van der Waals surface area (Å²) in [7, 11) is 0. The monoisotopic (exact) mass is 359 g/mol. The van der Waals surface area contributed by atoms with Crippen molar-refractivity contribution in [2.75, 3.05) is 26.3 Å². The predicted molar refractivity (Wildman–Crippen MR) is 104 cm³/mol. The highest BCUT2D eigenvalue weighted by Crippen LogP contribution is 2.21. The highest BCUT2D eigenvalue weighted by atomic mass is 16.5. The van der Waals surface area contributed by atoms with E-state index in [0.29, 0.717) is 5.56 Å². The van der Waals surface area contributed by atoms with Crippen molar-refractivity contribution in [3.8, 4) is 22.5 Å². The Kier molecular flexibility index (Phi) is 5.32. The zero-order valence-corrected chi connectivity index (χ0v) is 15.0. The van der Waals surface area contributed by atoms with E-state index in [1.807, 2.05) is 12.1 Å². The largest absolute Gasteiger partial charge is 0.379 e. The number of ether oxygens (including phenoxy) is 1. The van der Waals surface area contributed by atoms with Gasteiger partial charge in [-0.15, -0.1) is 0 Å². The fourth-order valence-corrected chi connectivity index (χ4v) is 3.16. The van der Waals surface area contributed by atoms with Crippen molar-refractivity contribution in [1.82, 2.24) is 14.9 Å². The number of rotatable bonds is 5. The Morgan fingerprint density at radius 3 is 1.93 bits per heavy atom. The summed E-state index contributed by atoms with van der Waals surface area (Å²) in [5, 5.41) is 0. The Morgan fingerprint density at radius 1 is 0.852 bits per heavy atom. The fourth-order valence-electron chi connectivity index (χ4n) is 3.16. The quantitative estimate of drug-likeness (QED) is 0.653. The first-order valence-electron chi connectivity index (χ1n) is 9.09. The molecule has 1 aliphatic rings. The van der Waals surface area contributed by atoms with Gasteiger partial charge >= 0.3 is 0 Å². The lowest BCUT2D eigenvalue weighted by Gasteiger charge is -2.26. The number of aromatic nitrogens is 2. The van der Waals surface area contributed by atoms with Crippen LogP contribution < -0.4 is 0 Å². The van der Waals surface area contributed by atoms with E-state index < -0.39 is 0 Å². The summed E-state index contributed by atoms with van der Waals surface area (Å²) in [4.78, 5) is 22.2. The van der Waals surface area contributed by atoms with E-state index >= 15 is 0 Å². The minimum Gasteiger partial charge on any atom is -0.379 e. The molecule has 5 heteroatoms. The summed E-state index contributed by atoms with van der Waals surface area (Å²) in [6.07, 6.45) is 4.40. The van der Waals surface area contributed by atoms with Crippen molar-refractivity contribution in [3.63, 3.8) is 0 Å². The summed E-state index contributed by atoms with van der Waals surface area (Å²) < 4.78 is 5.40. The molecule has 0 radical (unpaired) electrons. The van der Waals surface area contributed by atoms with Gasteiger partial charge in [-0.25, -0.2) is 0 Å². The zero-order valence-electron chi connectivity index (χ0n) is 15.0. The molecule has 2 heterocycles. The van der Waals surface area contributed by atoms with Gasteiger partial charge in [0.15, 0.2) is 0 Å². The normalized spacial score (nSPS) is 14.8. The molecule has 0 atom stereocenters. The van der Waals surface area contributed by atoms with E-state index in [4.69, 9.17) is 4.74 Å². The molecule has 136 valence electrons. The van der Waals surface area contributed by atoms with Crippen molar-refractivity contribution < 1.29 is 9.53 Å². The topological polar surface area (TPSA) is 55.3 Å². The third-order valence-corrected chi connectivity index (χ3v) is 4.75. The van der Waals surface area contributed by atoms with Gasteiger partial charge in [0.05, 0.1) is 37.0 Å². The van der Waals surface area contributed by atoms with Crippen molar-refractivity contribution in [1.29, 1.82) is 0 Å². The molecule has 0 saturated carbocycles. The zero-order chi connectivity index (χ0) is 18.5. The summed E-state index contributed by atoms with van der Waals surface area (Å²) in [5.74, 6) is 0. The molecule has 5 nitrogen and oxygen atoms in total. The van der Waals surface area contributed by atoms with Crippen molar-refractivity contribution in [2.45, 2.75) is 6.54 Å². The summed E-state index contributed by atoms with van der Waals surface area (Å²) >= 11 is 0. The fraction of sp³-hybridized carbons (Fsp3) is 0.227. The van der Waals surface area contributed by atoms with Crippen LogP contribution in [0.5, 0.6) is 0 Å². The second-order valence-corrected chi connectivity index (χ2v) is 6.61. The maximum Gasteiger partial charge on any atom is 0.150 e. The van der Waals surface area contributed by atoms with Crippen molar-refractivity contribution in [3.05, 3.63) is 72.1 Å². The predicted octanol–water partition coefficient (Wildman–Crippen LogP) is 3.46. The maximum absolute atomic E-state index is 10.8. The molecule has 27 heavy (non-hydrogen) atoms. The number of carbonyl (C=O) groups is 1. The Bertz CT molecular complexity index is 884. The van der Waals surface area contributed by atoms with E-state index in [9.17, 15) is 4.79 Å². The Hall–Kier alpha value is -2.89. The number of aldehydes is 1. The van der Waals surface area contributed by atoms with E-state index in [1.54, 1.807) is 24.5 Å². The van der Waals surface area contributed by atoms with Crippen LogP contribution >= 0.6 is 0 Å². The van der Waals surface area contributed by atoms with Crippen molar-refractivity contribution >= 4 is 6.29 Å². The first kappa shape index (κ1) is 17.5. The summed E-state index contributed by atoms with van der Waals surface area (Å²) in [6, 6.07) is 15.8. The number of benzene rings is 2. The second kappa shape index (κ2) is 8.20. The van der Waals surface area contributed by atoms with E-state index in [2.05, 4.69) is 39.1 Å². The molecular weight excluding hydrogens is 338 g/mol. The maximum atomic E-state index is 10.8. The van der Waals surface area contributed by atoms with Gasteiger partial charge in [0, 0.05) is 36.3 Å². The van der Waals surface area contributed by atoms with Crippen LogP contribution in [0.2, 0.25) is 0 Å². The minimum absolute atomic E-state index is 0.653. The lowest BCUT2D eigenvalue weighted by atomic mass is 10.1. The number of hydrogen-bond acceptors (Lipinski definition) is 5. The van der Waals surface area contributed by atoms with E-state index in [0.717, 1.165) is 61.6 Å². The third kappa shape index (κ3) is 4.27. The van der Waals surface area contributed by atoms with Crippen LogP contribution in [0, 0.1) is 0 Å². The highest BCUT2D eigenvalue weighted by molar-refractivity contribution is 5.76. The molecule has 0 amide bonds. The first-order valence-corrected chi connectivity index (χ1v) is 9.09. The summed E-state index contributed by atoms with van der Waals surface area (Å²) in [6.45, 7) is 4.56. The van der Waals surface area contributed by atoms with Gasteiger partial charge in [-0.2, -0.15) is 0 Å². The van der Waals surface area contributed by atoms with Crippen LogP contribution in [0.4, 0.5) is 0 Å². The van der Waals surface area contributed by atoms with E-state index in [-0.39, 0.29) is 0 Å². The molecule has 1 fully saturated rings. The molecule has 1 aliphatic heterocycles. The lowest BCUT2D eigenvalue weighted by molar-refractivity contribution is 0.0342. The molecule has 2 aromatic carbocycles. The SMILES string of the molecule is O=Cc1ccc(-c2cnc(-c3ccc(CN4CCOCC4)cc3)cn2)cc1. The molecule has 0 N–H and O–H groups in total. The van der Waals surface area contributed by atoms with Gasteiger partial charge in [-0.05, 0) is 5.56 Å². The number of carbonyl (C=O) groups excluding carboxylic acids is 1. The Morgan fingerprint density at radius 2 is 1.41 bits per heavy atom. The minimum atomic E-state index is 0.653. The third-order valence-electron chi connectivity index (χ3n) is 4.75. The van der Waals surface area contributed by atoms with Gasteiger partial charge < -0.3 is 4.74 Å².